The van der Waals surface area contributed by atoms with Crippen LogP contribution in [0, 0.1) is 0 Å². The van der Waals surface area contributed by atoms with Crippen molar-refractivity contribution in [3.8, 4) is 0 Å². The zero-order chi connectivity index (χ0) is 12.3. The molecule has 0 radical (unpaired) electrons. The van der Waals surface area contributed by atoms with Gasteiger partial charge in [-0.05, 0) is 13.3 Å². The van der Waals surface area contributed by atoms with E-state index >= 15 is 0 Å². The number of alkyl halides is 5. The smallest absolute Gasteiger partial charge is 0.367 e. The Morgan fingerprint density at radius 3 is 1.87 bits per heavy atom. The number of rotatable bonds is 5. The lowest BCUT2D eigenvalue weighted by Crippen LogP contribution is -2.46. The van der Waals surface area contributed by atoms with Gasteiger partial charge < -0.3 is 10.5 Å². The normalized spacial score (nSPS) is 17.6. The maximum Gasteiger partial charge on any atom is 0.455 e. The molecule has 0 aromatic rings. The Labute approximate surface area is 84.6 Å². The van der Waals surface area contributed by atoms with E-state index in [1.54, 1.807) is 6.92 Å². The standard InChI is InChI=1S/C8H14F5NO/c1-3-6(2,4-14)15-5-7(9,10)8(11,12)13/h3-5,14H2,1-2H3. The lowest BCUT2D eigenvalue weighted by molar-refractivity contribution is -0.304. The number of ether oxygens (including phenoxy) is 1. The first kappa shape index (κ1) is 14.6. The Balaban J connectivity index is 4.38. The molecule has 0 aliphatic carbocycles. The van der Waals surface area contributed by atoms with Gasteiger partial charge in [-0.1, -0.05) is 6.92 Å². The lowest BCUT2D eigenvalue weighted by atomic mass is 10.0. The van der Waals surface area contributed by atoms with Gasteiger partial charge in [0.25, 0.3) is 0 Å². The van der Waals surface area contributed by atoms with Crippen LogP contribution in [0.3, 0.4) is 0 Å². The molecule has 2 N–H and O–H groups in total. The molecule has 0 bridgehead atoms. The highest BCUT2D eigenvalue weighted by atomic mass is 19.4. The van der Waals surface area contributed by atoms with E-state index in [9.17, 15) is 22.0 Å². The van der Waals surface area contributed by atoms with Gasteiger partial charge in [-0.15, -0.1) is 0 Å². The number of nitrogens with two attached hydrogens (primary N) is 1. The quantitative estimate of drug-likeness (QED) is 0.742. The molecule has 0 aromatic carbocycles. The van der Waals surface area contributed by atoms with Crippen LogP contribution in [0.2, 0.25) is 0 Å². The van der Waals surface area contributed by atoms with Gasteiger partial charge in [-0.3, -0.25) is 0 Å². The van der Waals surface area contributed by atoms with Crippen LogP contribution in [0.25, 0.3) is 0 Å². The van der Waals surface area contributed by atoms with Gasteiger partial charge in [-0.2, -0.15) is 22.0 Å². The molecule has 0 aromatic heterocycles. The van der Waals surface area contributed by atoms with Crippen molar-refractivity contribution in [1.82, 2.24) is 0 Å². The molecule has 0 fully saturated rings. The summed E-state index contributed by atoms with van der Waals surface area (Å²) < 4.78 is 64.7. The molecule has 0 saturated carbocycles. The van der Waals surface area contributed by atoms with Crippen LogP contribution in [0.4, 0.5) is 22.0 Å². The van der Waals surface area contributed by atoms with Gasteiger partial charge >= 0.3 is 12.1 Å². The molecule has 0 spiro atoms. The second-order valence-corrected chi connectivity index (χ2v) is 3.50. The molecule has 2 nitrogen and oxygen atoms in total. The van der Waals surface area contributed by atoms with Gasteiger partial charge in [0, 0.05) is 6.54 Å². The minimum absolute atomic E-state index is 0.114. The Hall–Kier alpha value is -0.430. The van der Waals surface area contributed by atoms with Crippen molar-refractivity contribution in [3.05, 3.63) is 0 Å². The Bertz CT molecular complexity index is 200. The van der Waals surface area contributed by atoms with Crippen molar-refractivity contribution in [1.29, 1.82) is 0 Å². The topological polar surface area (TPSA) is 35.2 Å². The van der Waals surface area contributed by atoms with Gasteiger partial charge in [0.2, 0.25) is 0 Å². The van der Waals surface area contributed by atoms with Gasteiger partial charge in [-0.25, -0.2) is 0 Å². The maximum atomic E-state index is 12.4. The minimum atomic E-state index is -5.59. The molecule has 0 aliphatic rings. The van der Waals surface area contributed by atoms with Gasteiger partial charge in [0.15, 0.2) is 0 Å². The average Bonchev–Trinajstić information content (AvgIpc) is 2.13. The fourth-order valence-electron chi connectivity index (χ4n) is 0.652. The van der Waals surface area contributed by atoms with E-state index in [1.807, 2.05) is 0 Å². The molecule has 7 heteroatoms. The van der Waals surface area contributed by atoms with E-state index in [2.05, 4.69) is 4.74 Å². The fourth-order valence-corrected chi connectivity index (χ4v) is 0.652. The SMILES string of the molecule is CCC(C)(CN)OCC(F)(F)C(F)(F)F. The van der Waals surface area contributed by atoms with Crippen LogP contribution in [0.1, 0.15) is 20.3 Å². The summed E-state index contributed by atoms with van der Waals surface area (Å²) in [7, 11) is 0. The van der Waals surface area contributed by atoms with Crippen LogP contribution in [-0.4, -0.2) is 30.9 Å². The molecule has 15 heavy (non-hydrogen) atoms. The zero-order valence-corrected chi connectivity index (χ0v) is 8.50. The third kappa shape index (κ3) is 3.90. The molecule has 0 rings (SSSR count). The molecular weight excluding hydrogens is 221 g/mol. The Kier molecular flexibility index (Phi) is 4.48. The zero-order valence-electron chi connectivity index (χ0n) is 8.50. The molecule has 0 saturated heterocycles. The molecule has 0 heterocycles. The van der Waals surface area contributed by atoms with E-state index < -0.39 is 24.3 Å². The average molecular weight is 235 g/mol. The summed E-state index contributed by atoms with van der Waals surface area (Å²) in [6.45, 7) is 1.17. The molecule has 92 valence electrons. The van der Waals surface area contributed by atoms with Gasteiger partial charge in [0.1, 0.15) is 6.61 Å². The molecule has 0 amide bonds. The summed E-state index contributed by atoms with van der Waals surface area (Å²) >= 11 is 0. The Morgan fingerprint density at radius 1 is 1.13 bits per heavy atom. The summed E-state index contributed by atoms with van der Waals surface area (Å²) in [5.74, 6) is -4.83. The highest BCUT2D eigenvalue weighted by Crippen LogP contribution is 2.36. The van der Waals surface area contributed by atoms with Crippen molar-refractivity contribution in [3.63, 3.8) is 0 Å². The summed E-state index contributed by atoms with van der Waals surface area (Å²) in [5.41, 5.74) is 4.06. The Morgan fingerprint density at radius 2 is 1.60 bits per heavy atom. The van der Waals surface area contributed by atoms with Crippen molar-refractivity contribution < 1.29 is 26.7 Å². The summed E-state index contributed by atoms with van der Waals surface area (Å²) in [5, 5.41) is 0. The fraction of sp³-hybridized carbons (Fsp3) is 1.00. The third-order valence-corrected chi connectivity index (χ3v) is 2.20. The molecule has 0 aliphatic heterocycles. The van der Waals surface area contributed by atoms with E-state index in [4.69, 9.17) is 5.73 Å². The summed E-state index contributed by atoms with van der Waals surface area (Å²) in [6, 6.07) is 0. The number of halogens is 5. The second kappa shape index (κ2) is 4.61. The van der Waals surface area contributed by atoms with Crippen LogP contribution in [-0.2, 0) is 4.74 Å². The van der Waals surface area contributed by atoms with E-state index in [1.165, 1.54) is 6.92 Å². The third-order valence-electron chi connectivity index (χ3n) is 2.20. The van der Waals surface area contributed by atoms with Crippen LogP contribution in [0.15, 0.2) is 0 Å². The largest absolute Gasteiger partial charge is 0.455 e. The monoisotopic (exact) mass is 235 g/mol. The lowest BCUT2D eigenvalue weighted by Gasteiger charge is -2.29. The van der Waals surface area contributed by atoms with Crippen LogP contribution in [0.5, 0.6) is 0 Å². The maximum absolute atomic E-state index is 12.4. The first-order valence-corrected chi connectivity index (χ1v) is 4.36. The van der Waals surface area contributed by atoms with Gasteiger partial charge in [0.05, 0.1) is 5.60 Å². The first-order valence-electron chi connectivity index (χ1n) is 4.36. The van der Waals surface area contributed by atoms with Crippen molar-refractivity contribution in [2.24, 2.45) is 5.73 Å². The highest BCUT2D eigenvalue weighted by Gasteiger charge is 2.58. The predicted molar refractivity (Wildman–Crippen MR) is 44.7 cm³/mol. The van der Waals surface area contributed by atoms with E-state index in [0.29, 0.717) is 0 Å². The van der Waals surface area contributed by atoms with Crippen molar-refractivity contribution >= 4 is 0 Å². The first-order chi connectivity index (χ1) is 6.58. The highest BCUT2D eigenvalue weighted by molar-refractivity contribution is 4.80. The summed E-state index contributed by atoms with van der Waals surface area (Å²) in [6.07, 6.45) is -5.33. The van der Waals surface area contributed by atoms with Crippen molar-refractivity contribution in [2.75, 3.05) is 13.2 Å². The molecular formula is C8H14F5NO. The van der Waals surface area contributed by atoms with Crippen molar-refractivity contribution in [2.45, 2.75) is 38.0 Å². The van der Waals surface area contributed by atoms with E-state index in [-0.39, 0.29) is 13.0 Å². The summed E-state index contributed by atoms with van der Waals surface area (Å²) in [4.78, 5) is 0. The number of hydrogen-bond acceptors (Lipinski definition) is 2. The van der Waals surface area contributed by atoms with Crippen LogP contribution >= 0.6 is 0 Å². The molecule has 1 unspecified atom stereocenters. The predicted octanol–water partition coefficient (Wildman–Crippen LogP) is 2.33. The number of hydrogen-bond donors (Lipinski definition) is 1. The van der Waals surface area contributed by atoms with E-state index in [0.717, 1.165) is 0 Å². The minimum Gasteiger partial charge on any atom is -0.367 e. The molecule has 1 atom stereocenters. The van der Waals surface area contributed by atoms with Crippen LogP contribution < -0.4 is 5.73 Å². The second-order valence-electron chi connectivity index (χ2n) is 3.50.